The Labute approximate surface area is 128 Å². The predicted molar refractivity (Wildman–Crippen MR) is 88.8 cm³/mol. The summed E-state index contributed by atoms with van der Waals surface area (Å²) < 4.78 is 2.38. The fraction of sp³-hybridized carbons (Fsp3) is 0.474. The first-order chi connectivity index (χ1) is 10.2. The summed E-state index contributed by atoms with van der Waals surface area (Å²) in [5.41, 5.74) is 7.30. The molecule has 1 heterocycles. The van der Waals surface area contributed by atoms with Gasteiger partial charge in [0.1, 0.15) is 0 Å². The Bertz CT molecular complexity index is 604. The van der Waals surface area contributed by atoms with Crippen LogP contribution in [0, 0.1) is 13.8 Å². The van der Waals surface area contributed by atoms with E-state index in [0.717, 1.165) is 6.54 Å². The lowest BCUT2D eigenvalue weighted by molar-refractivity contribution is 0.531. The zero-order valence-corrected chi connectivity index (χ0v) is 13.4. The van der Waals surface area contributed by atoms with Gasteiger partial charge in [0.25, 0.3) is 0 Å². The van der Waals surface area contributed by atoms with Crippen LogP contribution < -0.4 is 5.32 Å². The minimum atomic E-state index is 0.529. The third-order valence-corrected chi connectivity index (χ3v) is 4.90. The summed E-state index contributed by atoms with van der Waals surface area (Å²) in [6.07, 6.45) is 9.88. The number of aryl methyl sites for hydroxylation is 3. The summed E-state index contributed by atoms with van der Waals surface area (Å²) in [5.74, 6) is 0. The summed E-state index contributed by atoms with van der Waals surface area (Å²) in [4.78, 5) is 0. The van der Waals surface area contributed by atoms with E-state index in [1.165, 1.54) is 53.5 Å². The highest BCUT2D eigenvalue weighted by atomic mass is 15.0. The second kappa shape index (κ2) is 6.07. The molecule has 1 unspecified atom stereocenters. The molecule has 21 heavy (non-hydrogen) atoms. The van der Waals surface area contributed by atoms with Gasteiger partial charge in [0.15, 0.2) is 0 Å². The van der Waals surface area contributed by atoms with Crippen molar-refractivity contribution in [1.82, 2.24) is 9.88 Å². The molecule has 1 aliphatic carbocycles. The summed E-state index contributed by atoms with van der Waals surface area (Å²) in [7, 11) is 2.09. The molecule has 112 valence electrons. The number of nitrogens with zero attached hydrogens (tertiary/aromatic N) is 1. The molecule has 0 saturated carbocycles. The quantitative estimate of drug-likeness (QED) is 0.837. The van der Waals surface area contributed by atoms with Crippen molar-refractivity contribution in [3.05, 3.63) is 58.4 Å². The second-order valence-electron chi connectivity index (χ2n) is 6.37. The first kappa shape index (κ1) is 14.4. The molecule has 1 aromatic heterocycles. The van der Waals surface area contributed by atoms with Gasteiger partial charge in [-0.25, -0.2) is 0 Å². The van der Waals surface area contributed by atoms with E-state index in [-0.39, 0.29) is 0 Å². The van der Waals surface area contributed by atoms with E-state index < -0.39 is 0 Å². The molecule has 0 saturated heterocycles. The summed E-state index contributed by atoms with van der Waals surface area (Å²) in [6.45, 7) is 5.42. The Morgan fingerprint density at radius 3 is 2.62 bits per heavy atom. The van der Waals surface area contributed by atoms with Gasteiger partial charge >= 0.3 is 0 Å². The van der Waals surface area contributed by atoms with Gasteiger partial charge in [-0.2, -0.15) is 0 Å². The molecule has 0 radical (unpaired) electrons. The van der Waals surface area contributed by atoms with Crippen molar-refractivity contribution in [1.29, 1.82) is 0 Å². The van der Waals surface area contributed by atoms with E-state index in [1.807, 2.05) is 0 Å². The largest absolute Gasteiger partial charge is 0.349 e. The van der Waals surface area contributed by atoms with Crippen molar-refractivity contribution in [2.24, 2.45) is 0 Å². The Morgan fingerprint density at radius 1 is 1.14 bits per heavy atom. The second-order valence-corrected chi connectivity index (χ2v) is 6.37. The SMILES string of the molecule is CNC1CCCCc2cn(Cc3c(C)cccc3C)cc21. The average molecular weight is 282 g/mol. The van der Waals surface area contributed by atoms with Crippen molar-refractivity contribution < 1.29 is 0 Å². The Balaban J connectivity index is 1.91. The molecule has 0 spiro atoms. The van der Waals surface area contributed by atoms with E-state index in [1.54, 1.807) is 0 Å². The van der Waals surface area contributed by atoms with E-state index in [4.69, 9.17) is 0 Å². The third kappa shape index (κ3) is 2.91. The van der Waals surface area contributed by atoms with Crippen molar-refractivity contribution >= 4 is 0 Å². The van der Waals surface area contributed by atoms with Crippen LogP contribution in [0.1, 0.15) is 53.1 Å². The third-order valence-electron chi connectivity index (χ3n) is 4.90. The fourth-order valence-corrected chi connectivity index (χ4v) is 3.59. The highest BCUT2D eigenvalue weighted by Crippen LogP contribution is 2.29. The van der Waals surface area contributed by atoms with Gasteiger partial charge < -0.3 is 9.88 Å². The average Bonchev–Trinajstić information content (AvgIpc) is 2.77. The van der Waals surface area contributed by atoms with Crippen LogP contribution in [0.15, 0.2) is 30.6 Å². The first-order valence-electron chi connectivity index (χ1n) is 8.10. The number of nitrogens with one attached hydrogen (secondary N) is 1. The summed E-state index contributed by atoms with van der Waals surface area (Å²) in [5, 5.41) is 3.49. The van der Waals surface area contributed by atoms with Crippen molar-refractivity contribution in [2.75, 3.05) is 7.05 Å². The van der Waals surface area contributed by atoms with Crippen molar-refractivity contribution in [3.8, 4) is 0 Å². The van der Waals surface area contributed by atoms with Crippen LogP contribution in [-0.2, 0) is 13.0 Å². The molecule has 1 aliphatic rings. The van der Waals surface area contributed by atoms with E-state index in [2.05, 4.69) is 61.4 Å². The van der Waals surface area contributed by atoms with E-state index in [0.29, 0.717) is 6.04 Å². The molecule has 0 fully saturated rings. The number of fused-ring (bicyclic) bond motifs is 1. The highest BCUT2D eigenvalue weighted by Gasteiger charge is 2.19. The molecule has 0 amide bonds. The van der Waals surface area contributed by atoms with Crippen LogP contribution in [-0.4, -0.2) is 11.6 Å². The maximum absolute atomic E-state index is 3.49. The van der Waals surface area contributed by atoms with Gasteiger partial charge in [-0.15, -0.1) is 0 Å². The summed E-state index contributed by atoms with van der Waals surface area (Å²) >= 11 is 0. The number of hydrogen-bond acceptors (Lipinski definition) is 1. The molecule has 0 bridgehead atoms. The first-order valence-corrected chi connectivity index (χ1v) is 8.10. The molecular formula is C19H26N2. The van der Waals surface area contributed by atoms with Gasteiger partial charge in [0, 0.05) is 25.0 Å². The normalized spacial score (nSPS) is 18.3. The van der Waals surface area contributed by atoms with E-state index >= 15 is 0 Å². The van der Waals surface area contributed by atoms with Gasteiger partial charge in [-0.05, 0) is 68.0 Å². The standard InChI is InChI=1S/C19H26N2/c1-14-7-6-8-15(2)17(14)12-21-11-16-9-4-5-10-19(20-3)18(16)13-21/h6-8,11,13,19-20H,4-5,9-10,12H2,1-3H3. The lowest BCUT2D eigenvalue weighted by Gasteiger charge is -2.14. The van der Waals surface area contributed by atoms with Crippen LogP contribution in [0.2, 0.25) is 0 Å². The molecule has 2 heteroatoms. The molecule has 1 aromatic carbocycles. The van der Waals surface area contributed by atoms with E-state index in [9.17, 15) is 0 Å². The number of hydrogen-bond donors (Lipinski definition) is 1. The molecule has 2 aromatic rings. The van der Waals surface area contributed by atoms with Gasteiger partial charge in [0.2, 0.25) is 0 Å². The minimum absolute atomic E-state index is 0.529. The fourth-order valence-electron chi connectivity index (χ4n) is 3.59. The smallest absolute Gasteiger partial charge is 0.0475 e. The Kier molecular flexibility index (Phi) is 4.16. The molecule has 3 rings (SSSR count). The topological polar surface area (TPSA) is 17.0 Å². The van der Waals surface area contributed by atoms with Crippen LogP contribution in [0.25, 0.3) is 0 Å². The van der Waals surface area contributed by atoms with Crippen LogP contribution in [0.5, 0.6) is 0 Å². The van der Waals surface area contributed by atoms with Gasteiger partial charge in [-0.1, -0.05) is 24.6 Å². The van der Waals surface area contributed by atoms with Crippen LogP contribution in [0.3, 0.4) is 0 Å². The molecule has 0 aliphatic heterocycles. The monoisotopic (exact) mass is 282 g/mol. The molecule has 1 N–H and O–H groups in total. The molecule has 2 nitrogen and oxygen atoms in total. The number of aromatic nitrogens is 1. The zero-order valence-electron chi connectivity index (χ0n) is 13.4. The van der Waals surface area contributed by atoms with Crippen LogP contribution >= 0.6 is 0 Å². The lowest BCUT2D eigenvalue weighted by Crippen LogP contribution is -2.15. The van der Waals surface area contributed by atoms with Gasteiger partial charge in [0.05, 0.1) is 0 Å². The molecule has 1 atom stereocenters. The maximum Gasteiger partial charge on any atom is 0.0475 e. The van der Waals surface area contributed by atoms with Crippen molar-refractivity contribution in [2.45, 2.75) is 52.1 Å². The molecular weight excluding hydrogens is 256 g/mol. The minimum Gasteiger partial charge on any atom is -0.349 e. The number of rotatable bonds is 3. The lowest BCUT2D eigenvalue weighted by atomic mass is 10.0. The predicted octanol–water partition coefficient (Wildman–Crippen LogP) is 4.14. The van der Waals surface area contributed by atoms with Crippen molar-refractivity contribution in [3.63, 3.8) is 0 Å². The Morgan fingerprint density at radius 2 is 1.90 bits per heavy atom. The Hall–Kier alpha value is -1.54. The van der Waals surface area contributed by atoms with Crippen LogP contribution in [0.4, 0.5) is 0 Å². The maximum atomic E-state index is 3.49. The number of benzene rings is 1. The highest BCUT2D eigenvalue weighted by molar-refractivity contribution is 5.35. The summed E-state index contributed by atoms with van der Waals surface area (Å²) in [6, 6.07) is 7.11. The van der Waals surface area contributed by atoms with Gasteiger partial charge in [-0.3, -0.25) is 0 Å². The zero-order chi connectivity index (χ0) is 14.8.